The number of carbonyl (C=O) groups excluding carboxylic acids is 4. The van der Waals surface area contributed by atoms with Crippen molar-refractivity contribution in [3.63, 3.8) is 0 Å². The van der Waals surface area contributed by atoms with Crippen molar-refractivity contribution in [2.75, 3.05) is 31.2 Å². The first-order valence-electron chi connectivity index (χ1n) is 15.9. The number of aliphatic hydroxyl groups is 1. The molecule has 3 aliphatic rings. The molecule has 2 N–H and O–H groups in total. The first kappa shape index (κ1) is 33.1. The van der Waals surface area contributed by atoms with Crippen LogP contribution in [0.4, 0.5) is 5.69 Å². The van der Waals surface area contributed by atoms with Gasteiger partial charge in [0.1, 0.15) is 18.2 Å². The molecule has 2 aromatic carbocycles. The van der Waals surface area contributed by atoms with Crippen LogP contribution in [0.15, 0.2) is 73.8 Å². The fourth-order valence-electron chi connectivity index (χ4n) is 7.52. The van der Waals surface area contributed by atoms with Gasteiger partial charge in [-0.15, -0.1) is 13.2 Å². The first-order chi connectivity index (χ1) is 22.2. The summed E-state index contributed by atoms with van der Waals surface area (Å²) in [4.78, 5) is 58.3. The molecule has 3 heterocycles. The molecule has 0 radical (unpaired) electrons. The molecule has 0 aliphatic carbocycles. The highest BCUT2D eigenvalue weighted by Crippen LogP contribution is 2.58. The Labute approximate surface area is 270 Å². The van der Waals surface area contributed by atoms with Crippen LogP contribution in [0.25, 0.3) is 0 Å². The number of ether oxygens (including phenoxy) is 2. The Balaban J connectivity index is 1.45. The van der Waals surface area contributed by atoms with Crippen LogP contribution in [0.2, 0.25) is 0 Å². The van der Waals surface area contributed by atoms with Gasteiger partial charge in [-0.3, -0.25) is 19.2 Å². The Morgan fingerprint density at radius 2 is 1.85 bits per heavy atom. The Morgan fingerprint density at radius 1 is 1.13 bits per heavy atom. The lowest BCUT2D eigenvalue weighted by Crippen LogP contribution is -2.57. The number of amides is 3. The topological polar surface area (TPSA) is 125 Å². The van der Waals surface area contributed by atoms with Gasteiger partial charge in [-0.25, -0.2) is 0 Å². The average molecular weight is 630 g/mol. The smallest absolute Gasteiger partial charge is 0.306 e. The molecule has 3 aliphatic heterocycles. The zero-order chi connectivity index (χ0) is 33.0. The highest BCUT2D eigenvalue weighted by molar-refractivity contribution is 6.05. The number of esters is 1. The minimum Gasteiger partial charge on any atom is -0.463 e. The average Bonchev–Trinajstić information content (AvgIpc) is 3.69. The lowest BCUT2D eigenvalue weighted by Gasteiger charge is -2.37. The summed E-state index contributed by atoms with van der Waals surface area (Å²) in [6, 6.07) is 13.3. The van der Waals surface area contributed by atoms with Gasteiger partial charge in [-0.05, 0) is 49.8 Å². The fraction of sp³-hybridized carbons (Fsp3) is 0.444. The summed E-state index contributed by atoms with van der Waals surface area (Å²) >= 11 is 0. The Morgan fingerprint density at radius 3 is 2.50 bits per heavy atom. The molecule has 0 saturated carbocycles. The number of rotatable bonds is 14. The van der Waals surface area contributed by atoms with Crippen LogP contribution in [-0.2, 0) is 28.7 Å². The van der Waals surface area contributed by atoms with E-state index < -0.39 is 47.5 Å². The fourth-order valence-corrected chi connectivity index (χ4v) is 7.52. The maximum atomic E-state index is 14.6. The van der Waals surface area contributed by atoms with Crippen molar-refractivity contribution >= 4 is 29.4 Å². The summed E-state index contributed by atoms with van der Waals surface area (Å²) in [6.45, 7) is 11.1. The van der Waals surface area contributed by atoms with Crippen LogP contribution in [0, 0.1) is 25.7 Å². The van der Waals surface area contributed by atoms with Crippen LogP contribution >= 0.6 is 0 Å². The molecule has 6 atom stereocenters. The maximum Gasteiger partial charge on any atom is 0.306 e. The number of anilines is 1. The van der Waals surface area contributed by atoms with E-state index in [0.717, 1.165) is 22.4 Å². The van der Waals surface area contributed by atoms with Gasteiger partial charge < -0.3 is 29.7 Å². The van der Waals surface area contributed by atoms with Crippen LogP contribution < -0.4 is 10.2 Å². The number of nitrogens with zero attached hydrogens (tertiary/aromatic N) is 2. The number of aliphatic hydroxyl groups excluding tert-OH is 1. The van der Waals surface area contributed by atoms with Gasteiger partial charge in [0, 0.05) is 25.2 Å². The van der Waals surface area contributed by atoms with Crippen LogP contribution in [-0.4, -0.2) is 77.7 Å². The van der Waals surface area contributed by atoms with Gasteiger partial charge in [0.2, 0.25) is 11.8 Å². The summed E-state index contributed by atoms with van der Waals surface area (Å²) in [5, 5.41) is 13.0. The molecule has 10 nitrogen and oxygen atoms in total. The largest absolute Gasteiger partial charge is 0.463 e. The minimum atomic E-state index is -1.23. The van der Waals surface area contributed by atoms with Crippen molar-refractivity contribution < 1.29 is 33.8 Å². The molecule has 5 rings (SSSR count). The SMILES string of the molecule is C=CCCC(=O)OC[C@@H](NC(=O)[C@@H]1[C@@H]2CC[C@]3(O2)[C@H](C(=O)N(CC=C)c2c(C)cccc2C)N(CCO)C(=O)[C@@H]13)c1ccccc1. The number of hydrogen-bond donors (Lipinski definition) is 2. The third kappa shape index (κ3) is 5.99. The van der Waals surface area contributed by atoms with Crippen LogP contribution in [0.5, 0.6) is 0 Å². The number of aryl methyl sites for hydroxylation is 2. The van der Waals surface area contributed by atoms with Gasteiger partial charge in [0.15, 0.2) is 0 Å². The van der Waals surface area contributed by atoms with Gasteiger partial charge in [0.05, 0.1) is 30.6 Å². The zero-order valence-electron chi connectivity index (χ0n) is 26.5. The van der Waals surface area contributed by atoms with Crippen molar-refractivity contribution in [2.45, 2.75) is 63.3 Å². The van der Waals surface area contributed by atoms with E-state index in [1.54, 1.807) is 17.1 Å². The van der Waals surface area contributed by atoms with Crippen molar-refractivity contribution in [3.8, 4) is 0 Å². The summed E-state index contributed by atoms with van der Waals surface area (Å²) in [5.74, 6) is -3.32. The number of allylic oxidation sites excluding steroid dienone is 1. The molecule has 0 aromatic heterocycles. The summed E-state index contributed by atoms with van der Waals surface area (Å²) in [5.41, 5.74) is 2.04. The number of likely N-dealkylation sites (tertiary alicyclic amines) is 1. The zero-order valence-corrected chi connectivity index (χ0v) is 26.5. The quantitative estimate of drug-likeness (QED) is 0.242. The Kier molecular flexibility index (Phi) is 10.1. The van der Waals surface area contributed by atoms with E-state index in [2.05, 4.69) is 18.5 Å². The van der Waals surface area contributed by atoms with Crippen LogP contribution in [0.3, 0.4) is 0 Å². The molecule has 1 spiro atoms. The maximum absolute atomic E-state index is 14.6. The summed E-state index contributed by atoms with van der Waals surface area (Å²) < 4.78 is 12.1. The van der Waals surface area contributed by atoms with Gasteiger partial charge in [0.25, 0.3) is 5.91 Å². The van der Waals surface area contributed by atoms with Crippen molar-refractivity contribution in [1.82, 2.24) is 10.2 Å². The van der Waals surface area contributed by atoms with Gasteiger partial charge >= 0.3 is 5.97 Å². The second-order valence-electron chi connectivity index (χ2n) is 12.3. The van der Waals surface area contributed by atoms with E-state index in [-0.39, 0.29) is 44.5 Å². The van der Waals surface area contributed by atoms with E-state index in [9.17, 15) is 24.3 Å². The van der Waals surface area contributed by atoms with Crippen molar-refractivity contribution in [3.05, 3.63) is 90.5 Å². The Bertz CT molecular complexity index is 1470. The van der Waals surface area contributed by atoms with Crippen molar-refractivity contribution in [2.24, 2.45) is 11.8 Å². The number of hydrogen-bond acceptors (Lipinski definition) is 7. The molecule has 3 saturated heterocycles. The number of para-hydroxylation sites is 1. The van der Waals surface area contributed by atoms with Crippen molar-refractivity contribution in [1.29, 1.82) is 0 Å². The number of nitrogens with one attached hydrogen (secondary N) is 1. The molecular weight excluding hydrogens is 586 g/mol. The van der Waals surface area contributed by atoms with E-state index in [1.165, 1.54) is 4.90 Å². The molecule has 46 heavy (non-hydrogen) atoms. The van der Waals surface area contributed by atoms with E-state index in [0.29, 0.717) is 19.3 Å². The second kappa shape index (κ2) is 14.0. The monoisotopic (exact) mass is 629 g/mol. The van der Waals surface area contributed by atoms with E-state index in [4.69, 9.17) is 9.47 Å². The molecule has 10 heteroatoms. The van der Waals surface area contributed by atoms with Gasteiger partial charge in [-0.1, -0.05) is 60.7 Å². The lowest BCUT2D eigenvalue weighted by atomic mass is 9.70. The molecule has 3 fully saturated rings. The lowest BCUT2D eigenvalue weighted by molar-refractivity contribution is -0.146. The number of fused-ring (bicyclic) bond motifs is 1. The Hall–Kier alpha value is -4.28. The number of benzene rings is 2. The van der Waals surface area contributed by atoms with E-state index in [1.807, 2.05) is 62.4 Å². The minimum absolute atomic E-state index is 0.0716. The molecule has 0 unspecified atom stereocenters. The first-order valence-corrected chi connectivity index (χ1v) is 15.9. The predicted molar refractivity (Wildman–Crippen MR) is 173 cm³/mol. The molecular formula is C36H43N3O7. The number of carbonyl (C=O) groups is 4. The highest BCUT2D eigenvalue weighted by atomic mass is 16.5. The number of β-amino-alcohol motifs (C(OH)–C–C–N with tert-alkyl or cyclic N) is 1. The third-order valence-corrected chi connectivity index (χ3v) is 9.45. The molecule has 244 valence electrons. The molecule has 3 amide bonds. The van der Waals surface area contributed by atoms with E-state index >= 15 is 0 Å². The normalized spacial score (nSPS) is 25.1. The van der Waals surface area contributed by atoms with Crippen LogP contribution in [0.1, 0.15) is 48.4 Å². The second-order valence-corrected chi connectivity index (χ2v) is 12.3. The molecule has 2 bridgehead atoms. The standard InChI is InChI=1S/C36H43N3O7/c1-5-7-16-28(41)45-22-26(25-14-9-8-10-15-25)37-33(42)29-27-17-18-36(46-27)30(29)34(43)39(20-21-40)32(36)35(44)38(19-6-2)31-23(3)12-11-13-24(31)4/h5-6,8-15,26-27,29-30,32,40H,1-2,7,16-22H2,3-4H3,(H,37,42)/t26-,27+,29-,30-,32+,36-/m1/s1. The third-order valence-electron chi connectivity index (χ3n) is 9.45. The predicted octanol–water partition coefficient (Wildman–Crippen LogP) is 3.56. The molecule has 2 aromatic rings. The summed E-state index contributed by atoms with van der Waals surface area (Å²) in [6.07, 6.45) is 4.29. The summed E-state index contributed by atoms with van der Waals surface area (Å²) in [7, 11) is 0. The highest BCUT2D eigenvalue weighted by Gasteiger charge is 2.74. The van der Waals surface area contributed by atoms with Gasteiger partial charge in [-0.2, -0.15) is 0 Å².